The van der Waals surface area contributed by atoms with Crippen molar-refractivity contribution in [3.05, 3.63) is 71.0 Å². The standard InChI is InChI=1S/C17H16O2/c1-12-15-8-7-14(11-18)10-17(15)19-16(12)9-13-5-3-2-4-6-13/h2-8,10,18H,9,11H2,1H3. The number of aliphatic hydroxyl groups is 1. The molecule has 0 amide bonds. The van der Waals surface area contributed by atoms with E-state index in [-0.39, 0.29) is 6.61 Å². The Morgan fingerprint density at radius 1 is 1.00 bits per heavy atom. The molecule has 0 unspecified atom stereocenters. The van der Waals surface area contributed by atoms with Gasteiger partial charge in [0, 0.05) is 11.8 Å². The van der Waals surface area contributed by atoms with Crippen LogP contribution in [0.15, 0.2) is 52.9 Å². The summed E-state index contributed by atoms with van der Waals surface area (Å²) in [5.74, 6) is 0.997. The van der Waals surface area contributed by atoms with Gasteiger partial charge in [0.2, 0.25) is 0 Å². The Morgan fingerprint density at radius 3 is 2.53 bits per heavy atom. The van der Waals surface area contributed by atoms with Crippen LogP contribution in [0.4, 0.5) is 0 Å². The molecule has 1 aromatic heterocycles. The van der Waals surface area contributed by atoms with E-state index < -0.39 is 0 Å². The number of hydrogen-bond acceptors (Lipinski definition) is 2. The van der Waals surface area contributed by atoms with E-state index >= 15 is 0 Å². The highest BCUT2D eigenvalue weighted by Crippen LogP contribution is 2.27. The molecule has 2 heteroatoms. The van der Waals surface area contributed by atoms with Gasteiger partial charge in [-0.25, -0.2) is 0 Å². The summed E-state index contributed by atoms with van der Waals surface area (Å²) in [5.41, 5.74) is 4.16. The van der Waals surface area contributed by atoms with Crippen LogP contribution in [-0.2, 0) is 13.0 Å². The van der Waals surface area contributed by atoms with E-state index in [4.69, 9.17) is 9.52 Å². The topological polar surface area (TPSA) is 33.4 Å². The maximum absolute atomic E-state index is 9.17. The zero-order valence-corrected chi connectivity index (χ0v) is 10.9. The van der Waals surface area contributed by atoms with E-state index in [1.807, 2.05) is 36.4 Å². The van der Waals surface area contributed by atoms with Gasteiger partial charge in [-0.2, -0.15) is 0 Å². The van der Waals surface area contributed by atoms with Gasteiger partial charge in [-0.1, -0.05) is 42.5 Å². The predicted molar refractivity (Wildman–Crippen MR) is 76.1 cm³/mol. The van der Waals surface area contributed by atoms with Crippen LogP contribution in [0.3, 0.4) is 0 Å². The second-order valence-corrected chi connectivity index (χ2v) is 4.80. The van der Waals surface area contributed by atoms with Crippen molar-refractivity contribution in [3.8, 4) is 0 Å². The lowest BCUT2D eigenvalue weighted by Crippen LogP contribution is -1.87. The summed E-state index contributed by atoms with van der Waals surface area (Å²) in [4.78, 5) is 0. The summed E-state index contributed by atoms with van der Waals surface area (Å²) in [6.45, 7) is 2.13. The first-order chi connectivity index (χ1) is 9.28. The number of fused-ring (bicyclic) bond motifs is 1. The van der Waals surface area contributed by atoms with Crippen LogP contribution < -0.4 is 0 Å². The molecular formula is C17H16O2. The Morgan fingerprint density at radius 2 is 1.79 bits per heavy atom. The van der Waals surface area contributed by atoms with Crippen molar-refractivity contribution in [2.24, 2.45) is 0 Å². The van der Waals surface area contributed by atoms with Crippen molar-refractivity contribution < 1.29 is 9.52 Å². The Bertz CT molecular complexity index is 696. The highest BCUT2D eigenvalue weighted by Gasteiger charge is 2.11. The molecule has 0 fully saturated rings. The van der Waals surface area contributed by atoms with Crippen LogP contribution in [-0.4, -0.2) is 5.11 Å². The molecule has 0 aliphatic carbocycles. The van der Waals surface area contributed by atoms with Crippen LogP contribution >= 0.6 is 0 Å². The van der Waals surface area contributed by atoms with Crippen molar-refractivity contribution in [3.63, 3.8) is 0 Å². The molecule has 3 aromatic rings. The zero-order valence-electron chi connectivity index (χ0n) is 10.9. The second-order valence-electron chi connectivity index (χ2n) is 4.80. The van der Waals surface area contributed by atoms with E-state index in [9.17, 15) is 0 Å². The third kappa shape index (κ3) is 2.27. The maximum atomic E-state index is 9.17. The third-order valence-electron chi connectivity index (χ3n) is 3.49. The van der Waals surface area contributed by atoms with Gasteiger partial charge in [-0.3, -0.25) is 0 Å². The van der Waals surface area contributed by atoms with Crippen LogP contribution in [0.5, 0.6) is 0 Å². The van der Waals surface area contributed by atoms with Gasteiger partial charge >= 0.3 is 0 Å². The van der Waals surface area contributed by atoms with Crippen molar-refractivity contribution in [2.45, 2.75) is 20.0 Å². The van der Waals surface area contributed by atoms with E-state index in [1.165, 1.54) is 11.1 Å². The highest BCUT2D eigenvalue weighted by atomic mass is 16.3. The van der Waals surface area contributed by atoms with Gasteiger partial charge in [0.1, 0.15) is 11.3 Å². The fourth-order valence-electron chi connectivity index (χ4n) is 2.37. The minimum atomic E-state index is 0.0453. The fraction of sp³-hybridized carbons (Fsp3) is 0.176. The Balaban J connectivity index is 2.02. The first-order valence-corrected chi connectivity index (χ1v) is 6.43. The molecule has 19 heavy (non-hydrogen) atoms. The molecule has 1 heterocycles. The minimum absolute atomic E-state index is 0.0453. The van der Waals surface area contributed by atoms with Gasteiger partial charge in [0.05, 0.1) is 6.61 Å². The molecule has 0 aliphatic heterocycles. The largest absolute Gasteiger partial charge is 0.460 e. The van der Waals surface area contributed by atoms with Crippen molar-refractivity contribution >= 4 is 11.0 Å². The molecular weight excluding hydrogens is 236 g/mol. The van der Waals surface area contributed by atoms with Gasteiger partial charge in [0.25, 0.3) is 0 Å². The van der Waals surface area contributed by atoms with Crippen LogP contribution in [0.25, 0.3) is 11.0 Å². The normalized spacial score (nSPS) is 11.1. The molecule has 0 atom stereocenters. The number of hydrogen-bond donors (Lipinski definition) is 1. The number of aryl methyl sites for hydroxylation is 1. The molecule has 2 aromatic carbocycles. The number of furan rings is 1. The molecule has 0 aliphatic rings. The summed E-state index contributed by atoms with van der Waals surface area (Å²) < 4.78 is 5.93. The molecule has 96 valence electrons. The van der Waals surface area contributed by atoms with Crippen LogP contribution in [0.2, 0.25) is 0 Å². The lowest BCUT2D eigenvalue weighted by molar-refractivity contribution is 0.282. The maximum Gasteiger partial charge on any atom is 0.134 e. The summed E-state index contributed by atoms with van der Waals surface area (Å²) in [7, 11) is 0. The summed E-state index contributed by atoms with van der Waals surface area (Å²) in [6, 6.07) is 16.2. The van der Waals surface area contributed by atoms with E-state index in [0.717, 1.165) is 28.7 Å². The number of aliphatic hydroxyl groups excluding tert-OH is 1. The van der Waals surface area contributed by atoms with Gasteiger partial charge < -0.3 is 9.52 Å². The number of benzene rings is 2. The molecule has 0 saturated heterocycles. The van der Waals surface area contributed by atoms with E-state index in [1.54, 1.807) is 0 Å². The van der Waals surface area contributed by atoms with Gasteiger partial charge in [-0.15, -0.1) is 0 Å². The molecule has 3 rings (SSSR count). The summed E-state index contributed by atoms with van der Waals surface area (Å²) in [6.07, 6.45) is 0.801. The lowest BCUT2D eigenvalue weighted by Gasteiger charge is -1.98. The number of rotatable bonds is 3. The SMILES string of the molecule is Cc1c(Cc2ccccc2)oc2cc(CO)ccc12. The van der Waals surface area contributed by atoms with E-state index in [0.29, 0.717) is 0 Å². The average Bonchev–Trinajstić information content (AvgIpc) is 2.76. The predicted octanol–water partition coefficient (Wildman–Crippen LogP) is 3.82. The quantitative estimate of drug-likeness (QED) is 0.768. The average molecular weight is 252 g/mol. The molecule has 1 N–H and O–H groups in total. The molecule has 0 bridgehead atoms. The smallest absolute Gasteiger partial charge is 0.134 e. The Kier molecular flexibility index (Phi) is 3.10. The monoisotopic (exact) mass is 252 g/mol. The third-order valence-corrected chi connectivity index (χ3v) is 3.49. The summed E-state index contributed by atoms with van der Waals surface area (Å²) in [5, 5.41) is 10.3. The zero-order chi connectivity index (χ0) is 13.2. The Labute approximate surface area is 112 Å². The van der Waals surface area contributed by atoms with Crippen molar-refractivity contribution in [1.29, 1.82) is 0 Å². The summed E-state index contributed by atoms with van der Waals surface area (Å²) >= 11 is 0. The first-order valence-electron chi connectivity index (χ1n) is 6.43. The van der Waals surface area contributed by atoms with E-state index in [2.05, 4.69) is 19.1 Å². The Hall–Kier alpha value is -2.06. The van der Waals surface area contributed by atoms with Gasteiger partial charge in [0.15, 0.2) is 0 Å². The van der Waals surface area contributed by atoms with Crippen molar-refractivity contribution in [1.82, 2.24) is 0 Å². The van der Waals surface area contributed by atoms with Gasteiger partial charge in [-0.05, 0) is 29.7 Å². The van der Waals surface area contributed by atoms with Crippen molar-refractivity contribution in [2.75, 3.05) is 0 Å². The molecule has 0 saturated carbocycles. The van der Waals surface area contributed by atoms with Crippen LogP contribution in [0.1, 0.15) is 22.5 Å². The highest BCUT2D eigenvalue weighted by molar-refractivity contribution is 5.82. The van der Waals surface area contributed by atoms with Crippen LogP contribution in [0, 0.1) is 6.92 Å². The molecule has 0 spiro atoms. The molecule has 2 nitrogen and oxygen atoms in total. The lowest BCUT2D eigenvalue weighted by atomic mass is 10.1. The first kappa shape index (κ1) is 12.0. The molecule has 0 radical (unpaired) electrons. The minimum Gasteiger partial charge on any atom is -0.460 e. The fourth-order valence-corrected chi connectivity index (χ4v) is 2.37. The second kappa shape index (κ2) is 4.90.